The van der Waals surface area contributed by atoms with Gasteiger partial charge >= 0.3 is 6.09 Å². The number of likely N-dealkylation sites (tertiary alicyclic amines) is 2. The smallest absolute Gasteiger partial charge is 0.411 e. The lowest BCUT2D eigenvalue weighted by Crippen LogP contribution is -2.74. The molecular formula is C20H18N2O4. The van der Waals surface area contributed by atoms with Gasteiger partial charge in [-0.1, -0.05) is 60.7 Å². The molecule has 6 nitrogen and oxygen atoms in total. The second-order valence-electron chi connectivity index (χ2n) is 6.46. The van der Waals surface area contributed by atoms with Crippen molar-refractivity contribution in [1.82, 2.24) is 9.80 Å². The number of piperidine rings is 1. The van der Waals surface area contributed by atoms with E-state index in [1.807, 2.05) is 60.7 Å². The van der Waals surface area contributed by atoms with Gasteiger partial charge in [0, 0.05) is 6.42 Å². The second kappa shape index (κ2) is 6.63. The van der Waals surface area contributed by atoms with Crippen LogP contribution in [0, 0.1) is 0 Å². The van der Waals surface area contributed by atoms with Crippen molar-refractivity contribution in [1.29, 1.82) is 0 Å². The first-order valence-electron chi connectivity index (χ1n) is 8.53. The highest BCUT2D eigenvalue weighted by molar-refractivity contribution is 6.08. The molecule has 0 aliphatic carbocycles. The lowest BCUT2D eigenvalue weighted by Gasteiger charge is -2.52. The van der Waals surface area contributed by atoms with E-state index in [0.29, 0.717) is 6.42 Å². The molecule has 2 saturated heterocycles. The summed E-state index contributed by atoms with van der Waals surface area (Å²) in [6.07, 6.45) is -0.236. The number of fused-ring (bicyclic) bond motifs is 2. The first kappa shape index (κ1) is 16.3. The molecule has 2 bridgehead atoms. The van der Waals surface area contributed by atoms with Crippen LogP contribution < -0.4 is 0 Å². The van der Waals surface area contributed by atoms with Crippen molar-refractivity contribution in [3.05, 3.63) is 71.8 Å². The fourth-order valence-corrected chi connectivity index (χ4v) is 3.40. The van der Waals surface area contributed by atoms with E-state index in [9.17, 15) is 14.4 Å². The fraction of sp³-hybridized carbons (Fsp3) is 0.250. The number of hydrogen-bond donors (Lipinski definition) is 0. The molecule has 2 aliphatic rings. The number of hydrogen-bond acceptors (Lipinski definition) is 4. The van der Waals surface area contributed by atoms with Gasteiger partial charge in [-0.2, -0.15) is 0 Å². The summed E-state index contributed by atoms with van der Waals surface area (Å²) in [5, 5.41) is 0. The van der Waals surface area contributed by atoms with Crippen LogP contribution in [0.4, 0.5) is 4.79 Å². The maximum absolute atomic E-state index is 12.6. The number of rotatable bonds is 4. The van der Waals surface area contributed by atoms with Gasteiger partial charge < -0.3 is 4.74 Å². The Morgan fingerprint density at radius 3 is 2.00 bits per heavy atom. The van der Waals surface area contributed by atoms with E-state index in [-0.39, 0.29) is 25.0 Å². The lowest BCUT2D eigenvalue weighted by atomic mass is 9.86. The Morgan fingerprint density at radius 1 is 0.885 bits per heavy atom. The number of amides is 3. The quantitative estimate of drug-likeness (QED) is 0.794. The highest BCUT2D eigenvalue weighted by Crippen LogP contribution is 2.35. The zero-order valence-electron chi connectivity index (χ0n) is 14.1. The Bertz CT molecular complexity index is 815. The Labute approximate surface area is 151 Å². The highest BCUT2D eigenvalue weighted by atomic mass is 16.6. The monoisotopic (exact) mass is 350 g/mol. The molecular weight excluding hydrogens is 332 g/mol. The highest BCUT2D eigenvalue weighted by Gasteiger charge is 2.58. The molecule has 6 heteroatoms. The van der Waals surface area contributed by atoms with Crippen LogP contribution in [0.3, 0.4) is 0 Å². The minimum absolute atomic E-state index is 0.117. The van der Waals surface area contributed by atoms with Gasteiger partial charge in [0.15, 0.2) is 0 Å². The molecule has 0 aromatic heterocycles. The van der Waals surface area contributed by atoms with E-state index in [1.54, 1.807) is 0 Å². The zero-order valence-corrected chi connectivity index (χ0v) is 14.1. The normalized spacial score (nSPS) is 21.4. The van der Waals surface area contributed by atoms with Crippen molar-refractivity contribution in [3.63, 3.8) is 0 Å². The molecule has 0 spiro atoms. The topological polar surface area (TPSA) is 66.9 Å². The summed E-state index contributed by atoms with van der Waals surface area (Å²) in [4.78, 5) is 40.1. The summed E-state index contributed by atoms with van der Waals surface area (Å²) >= 11 is 0. The Hall–Kier alpha value is -3.15. The molecule has 2 aromatic rings. The number of carbonyl (C=O) groups is 3. The minimum Gasteiger partial charge on any atom is -0.445 e. The van der Waals surface area contributed by atoms with Crippen LogP contribution >= 0.6 is 0 Å². The van der Waals surface area contributed by atoms with Crippen molar-refractivity contribution in [3.8, 4) is 0 Å². The van der Waals surface area contributed by atoms with Crippen molar-refractivity contribution < 1.29 is 19.1 Å². The number of ether oxygens (including phenoxy) is 1. The Kier molecular flexibility index (Phi) is 4.16. The first-order valence-corrected chi connectivity index (χ1v) is 8.53. The van der Waals surface area contributed by atoms with Crippen molar-refractivity contribution >= 4 is 17.9 Å². The molecule has 2 aliphatic heterocycles. The third kappa shape index (κ3) is 2.83. The lowest BCUT2D eigenvalue weighted by molar-refractivity contribution is -0.172. The zero-order chi connectivity index (χ0) is 18.1. The molecule has 2 aromatic carbocycles. The molecule has 3 amide bonds. The third-order valence-corrected chi connectivity index (χ3v) is 4.82. The number of imide groups is 1. The van der Waals surface area contributed by atoms with E-state index in [2.05, 4.69) is 0 Å². The molecule has 2 fully saturated rings. The fourth-order valence-electron chi connectivity index (χ4n) is 3.40. The van der Waals surface area contributed by atoms with Crippen LogP contribution in [0.15, 0.2) is 60.7 Å². The maximum Gasteiger partial charge on any atom is 0.411 e. The molecule has 2 heterocycles. The summed E-state index contributed by atoms with van der Waals surface area (Å²) in [5.74, 6) is -0.670. The van der Waals surface area contributed by atoms with E-state index in [0.717, 1.165) is 11.1 Å². The minimum atomic E-state index is -0.615. The number of piperazine rings is 1. The van der Waals surface area contributed by atoms with Gasteiger partial charge in [-0.15, -0.1) is 0 Å². The SMILES string of the molecule is O=C1C2CC(C(=O)N1Cc1ccccc1)N2C(=O)OCc1ccccc1. The molecule has 2 unspecified atom stereocenters. The van der Waals surface area contributed by atoms with Crippen LogP contribution in [0.5, 0.6) is 0 Å². The Morgan fingerprint density at radius 2 is 1.42 bits per heavy atom. The van der Waals surface area contributed by atoms with Gasteiger partial charge in [-0.05, 0) is 11.1 Å². The van der Waals surface area contributed by atoms with Crippen LogP contribution in [-0.2, 0) is 27.5 Å². The van der Waals surface area contributed by atoms with Gasteiger partial charge in [0.2, 0.25) is 0 Å². The van der Waals surface area contributed by atoms with Gasteiger partial charge in [0.25, 0.3) is 11.8 Å². The average Bonchev–Trinajstić information content (AvgIpc) is 2.64. The standard InChI is InChI=1S/C20H18N2O4/c23-18-16-11-17(19(24)21(18)12-14-7-3-1-4-8-14)22(16)20(25)26-13-15-9-5-2-6-10-15/h1-10,16-17H,11-13H2. The van der Waals surface area contributed by atoms with E-state index in [1.165, 1.54) is 9.80 Å². The summed E-state index contributed by atoms with van der Waals surface area (Å²) in [6.45, 7) is 0.351. The number of benzene rings is 2. The van der Waals surface area contributed by atoms with Gasteiger partial charge in [0.05, 0.1) is 6.54 Å². The van der Waals surface area contributed by atoms with Crippen LogP contribution in [-0.4, -0.2) is 39.8 Å². The predicted octanol–water partition coefficient (Wildman–Crippen LogP) is 2.34. The van der Waals surface area contributed by atoms with Crippen LogP contribution in [0.25, 0.3) is 0 Å². The summed E-state index contributed by atoms with van der Waals surface area (Å²) in [6, 6.07) is 17.4. The molecule has 0 radical (unpaired) electrons. The summed E-state index contributed by atoms with van der Waals surface area (Å²) < 4.78 is 5.28. The van der Waals surface area contributed by atoms with Crippen molar-refractivity contribution in [2.75, 3.05) is 0 Å². The molecule has 132 valence electrons. The van der Waals surface area contributed by atoms with E-state index >= 15 is 0 Å². The summed E-state index contributed by atoms with van der Waals surface area (Å²) in [7, 11) is 0. The molecule has 2 atom stereocenters. The molecule has 4 rings (SSSR count). The molecule has 0 saturated carbocycles. The third-order valence-electron chi connectivity index (χ3n) is 4.82. The number of carbonyl (C=O) groups excluding carboxylic acids is 3. The molecule has 26 heavy (non-hydrogen) atoms. The summed E-state index contributed by atoms with van der Waals surface area (Å²) in [5.41, 5.74) is 1.74. The van der Waals surface area contributed by atoms with E-state index in [4.69, 9.17) is 4.74 Å². The van der Waals surface area contributed by atoms with Gasteiger partial charge in [-0.25, -0.2) is 4.79 Å². The van der Waals surface area contributed by atoms with Gasteiger partial charge in [0.1, 0.15) is 18.7 Å². The first-order chi connectivity index (χ1) is 12.6. The van der Waals surface area contributed by atoms with Gasteiger partial charge in [-0.3, -0.25) is 19.4 Å². The van der Waals surface area contributed by atoms with Crippen LogP contribution in [0.2, 0.25) is 0 Å². The second-order valence-corrected chi connectivity index (χ2v) is 6.46. The molecule has 0 N–H and O–H groups in total. The average molecular weight is 350 g/mol. The van der Waals surface area contributed by atoms with E-state index < -0.39 is 18.2 Å². The Balaban J connectivity index is 1.41. The van der Waals surface area contributed by atoms with Crippen LogP contribution in [0.1, 0.15) is 17.5 Å². The maximum atomic E-state index is 12.6. The van der Waals surface area contributed by atoms with Crippen molar-refractivity contribution in [2.24, 2.45) is 0 Å². The number of nitrogens with zero attached hydrogens (tertiary/aromatic N) is 2. The van der Waals surface area contributed by atoms with Crippen molar-refractivity contribution in [2.45, 2.75) is 31.7 Å². The largest absolute Gasteiger partial charge is 0.445 e. The predicted molar refractivity (Wildman–Crippen MR) is 92.7 cm³/mol.